The van der Waals surface area contributed by atoms with E-state index in [1.54, 1.807) is 11.3 Å². The van der Waals surface area contributed by atoms with E-state index in [4.69, 9.17) is 4.74 Å². The molecule has 3 aromatic rings. The Bertz CT molecular complexity index is 876. The molecular weight excluding hydrogens is 380 g/mol. The van der Waals surface area contributed by atoms with Crippen LogP contribution in [0.5, 0.6) is 5.75 Å². The normalized spacial score (nSPS) is 12.0. The van der Waals surface area contributed by atoms with E-state index in [9.17, 15) is 4.79 Å². The van der Waals surface area contributed by atoms with E-state index in [0.717, 1.165) is 33.8 Å². The molecule has 2 aromatic heterocycles. The summed E-state index contributed by atoms with van der Waals surface area (Å²) in [4.78, 5) is 13.6. The Morgan fingerprint density at radius 3 is 2.67 bits per heavy atom. The van der Waals surface area contributed by atoms with E-state index in [2.05, 4.69) is 22.4 Å². The molecule has 3 rings (SSSR count). The van der Waals surface area contributed by atoms with E-state index in [1.807, 2.05) is 60.2 Å². The molecule has 0 aliphatic heterocycles. The molecule has 0 bridgehead atoms. The summed E-state index contributed by atoms with van der Waals surface area (Å²) in [6.45, 7) is 7.22. The summed E-state index contributed by atoms with van der Waals surface area (Å²) < 4.78 is 7.46. The second-order valence-corrected chi connectivity index (χ2v) is 7.99. The third kappa shape index (κ3) is 4.70. The van der Waals surface area contributed by atoms with Crippen molar-refractivity contribution in [1.82, 2.24) is 14.8 Å². The zero-order valence-electron chi connectivity index (χ0n) is 15.5. The molecule has 142 valence electrons. The maximum absolute atomic E-state index is 12.5. The molecule has 1 unspecified atom stereocenters. The third-order valence-electron chi connectivity index (χ3n) is 3.86. The third-order valence-corrected chi connectivity index (χ3v) is 5.81. The number of benzene rings is 1. The first kappa shape index (κ1) is 19.4. The average Bonchev–Trinajstić information content (AvgIpc) is 3.32. The number of thioether (sulfide) groups is 1. The molecule has 1 amide bonds. The van der Waals surface area contributed by atoms with Gasteiger partial charge in [-0.05, 0) is 56.5 Å². The molecule has 1 aromatic carbocycles. The van der Waals surface area contributed by atoms with Crippen molar-refractivity contribution in [1.29, 1.82) is 0 Å². The van der Waals surface area contributed by atoms with E-state index in [1.165, 1.54) is 11.8 Å². The highest BCUT2D eigenvalue weighted by Crippen LogP contribution is 2.29. The summed E-state index contributed by atoms with van der Waals surface area (Å²) in [5, 5.41) is 14.0. The van der Waals surface area contributed by atoms with Crippen molar-refractivity contribution in [2.75, 3.05) is 11.9 Å². The lowest BCUT2D eigenvalue weighted by atomic mass is 10.3. The van der Waals surface area contributed by atoms with Gasteiger partial charge in [-0.1, -0.05) is 17.8 Å². The highest BCUT2D eigenvalue weighted by Gasteiger charge is 2.20. The van der Waals surface area contributed by atoms with Crippen LogP contribution in [0.2, 0.25) is 0 Å². The number of rotatable bonds is 8. The van der Waals surface area contributed by atoms with Gasteiger partial charge in [-0.25, -0.2) is 0 Å². The first-order valence-corrected chi connectivity index (χ1v) is 10.6. The van der Waals surface area contributed by atoms with Gasteiger partial charge in [-0.2, -0.15) is 0 Å². The highest BCUT2D eigenvalue weighted by atomic mass is 32.2. The second-order valence-electron chi connectivity index (χ2n) is 5.73. The Kier molecular flexibility index (Phi) is 6.52. The number of hydrogen-bond donors (Lipinski definition) is 1. The summed E-state index contributed by atoms with van der Waals surface area (Å²) in [7, 11) is 0. The van der Waals surface area contributed by atoms with Crippen molar-refractivity contribution in [3.8, 4) is 16.5 Å². The Hall–Kier alpha value is -2.32. The predicted molar refractivity (Wildman–Crippen MR) is 111 cm³/mol. The van der Waals surface area contributed by atoms with Gasteiger partial charge in [0.25, 0.3) is 0 Å². The number of aromatic nitrogens is 3. The van der Waals surface area contributed by atoms with Crippen molar-refractivity contribution in [3.63, 3.8) is 0 Å². The Labute approximate surface area is 167 Å². The number of carbonyl (C=O) groups excluding carboxylic acids is 1. The second kappa shape index (κ2) is 9.05. The van der Waals surface area contributed by atoms with Crippen molar-refractivity contribution < 1.29 is 9.53 Å². The van der Waals surface area contributed by atoms with Gasteiger partial charge in [-0.15, -0.1) is 21.5 Å². The number of anilines is 1. The predicted octanol–water partition coefficient (Wildman–Crippen LogP) is 4.54. The first-order chi connectivity index (χ1) is 13.1. The SMILES string of the molecule is CCOc1ccc(NC(=O)C(C)Sc2nnc(-c3cccs3)n2CC)cc1. The van der Waals surface area contributed by atoms with Gasteiger partial charge >= 0.3 is 0 Å². The molecule has 8 heteroatoms. The van der Waals surface area contributed by atoms with Crippen LogP contribution in [0.1, 0.15) is 20.8 Å². The summed E-state index contributed by atoms with van der Waals surface area (Å²) in [5.41, 5.74) is 0.743. The van der Waals surface area contributed by atoms with E-state index in [0.29, 0.717) is 6.61 Å². The molecule has 6 nitrogen and oxygen atoms in total. The smallest absolute Gasteiger partial charge is 0.237 e. The molecule has 0 saturated carbocycles. The van der Waals surface area contributed by atoms with Crippen LogP contribution < -0.4 is 10.1 Å². The number of nitrogens with zero attached hydrogens (tertiary/aromatic N) is 3. The number of ether oxygens (including phenoxy) is 1. The van der Waals surface area contributed by atoms with Gasteiger partial charge in [0.2, 0.25) is 5.91 Å². The zero-order chi connectivity index (χ0) is 19.2. The van der Waals surface area contributed by atoms with Gasteiger partial charge < -0.3 is 14.6 Å². The summed E-state index contributed by atoms with van der Waals surface area (Å²) >= 11 is 3.04. The van der Waals surface area contributed by atoms with Gasteiger partial charge in [0.1, 0.15) is 5.75 Å². The molecule has 1 atom stereocenters. The van der Waals surface area contributed by atoms with Crippen LogP contribution in [-0.4, -0.2) is 32.5 Å². The van der Waals surface area contributed by atoms with E-state index >= 15 is 0 Å². The molecule has 0 spiro atoms. The number of amides is 1. The highest BCUT2D eigenvalue weighted by molar-refractivity contribution is 8.00. The quantitative estimate of drug-likeness (QED) is 0.560. The number of nitrogens with one attached hydrogen (secondary N) is 1. The zero-order valence-corrected chi connectivity index (χ0v) is 17.1. The first-order valence-electron chi connectivity index (χ1n) is 8.79. The Morgan fingerprint density at radius 2 is 2.04 bits per heavy atom. The maximum atomic E-state index is 12.5. The molecule has 1 N–H and O–H groups in total. The summed E-state index contributed by atoms with van der Waals surface area (Å²) in [6, 6.07) is 11.4. The molecule has 0 saturated heterocycles. The Morgan fingerprint density at radius 1 is 1.26 bits per heavy atom. The standard InChI is InChI=1S/C19H22N4O2S2/c1-4-23-17(16-7-6-12-26-16)21-22-19(23)27-13(3)18(24)20-14-8-10-15(11-9-14)25-5-2/h6-13H,4-5H2,1-3H3,(H,20,24). The fourth-order valence-corrected chi connectivity index (χ4v) is 4.14. The topological polar surface area (TPSA) is 69.0 Å². The fraction of sp³-hybridized carbons (Fsp3) is 0.316. The molecule has 0 fully saturated rings. The van der Waals surface area contributed by atoms with Gasteiger partial charge in [0.15, 0.2) is 11.0 Å². The van der Waals surface area contributed by atoms with E-state index < -0.39 is 0 Å². The largest absolute Gasteiger partial charge is 0.494 e. The number of thiophene rings is 1. The van der Waals surface area contributed by atoms with Crippen LogP contribution in [0, 0.1) is 0 Å². The van der Waals surface area contributed by atoms with Crippen molar-refractivity contribution in [2.45, 2.75) is 37.7 Å². The van der Waals surface area contributed by atoms with Crippen LogP contribution in [0.25, 0.3) is 10.7 Å². The van der Waals surface area contributed by atoms with Gasteiger partial charge in [-0.3, -0.25) is 4.79 Å². The van der Waals surface area contributed by atoms with Crippen LogP contribution in [0.3, 0.4) is 0 Å². The van der Waals surface area contributed by atoms with Crippen molar-refractivity contribution in [2.24, 2.45) is 0 Å². The lowest BCUT2D eigenvalue weighted by molar-refractivity contribution is -0.115. The molecule has 0 aliphatic carbocycles. The van der Waals surface area contributed by atoms with E-state index in [-0.39, 0.29) is 11.2 Å². The van der Waals surface area contributed by atoms with Crippen LogP contribution in [0.4, 0.5) is 5.69 Å². The summed E-state index contributed by atoms with van der Waals surface area (Å²) in [5.74, 6) is 1.55. The molecule has 27 heavy (non-hydrogen) atoms. The van der Waals surface area contributed by atoms with Gasteiger partial charge in [0.05, 0.1) is 16.7 Å². The number of hydrogen-bond acceptors (Lipinski definition) is 6. The van der Waals surface area contributed by atoms with Crippen molar-refractivity contribution >= 4 is 34.7 Å². The van der Waals surface area contributed by atoms with Crippen LogP contribution in [-0.2, 0) is 11.3 Å². The fourth-order valence-electron chi connectivity index (χ4n) is 2.51. The molecule has 2 heterocycles. The lowest BCUT2D eigenvalue weighted by Crippen LogP contribution is -2.22. The van der Waals surface area contributed by atoms with Gasteiger partial charge in [0, 0.05) is 12.2 Å². The average molecular weight is 403 g/mol. The van der Waals surface area contributed by atoms with Crippen LogP contribution >= 0.6 is 23.1 Å². The number of carbonyl (C=O) groups is 1. The minimum absolute atomic E-state index is 0.0764. The molecule has 0 radical (unpaired) electrons. The Balaban J connectivity index is 1.66. The minimum atomic E-state index is -0.303. The monoisotopic (exact) mass is 402 g/mol. The summed E-state index contributed by atoms with van der Waals surface area (Å²) in [6.07, 6.45) is 0. The van der Waals surface area contributed by atoms with Crippen LogP contribution in [0.15, 0.2) is 46.9 Å². The maximum Gasteiger partial charge on any atom is 0.237 e. The van der Waals surface area contributed by atoms with Crippen molar-refractivity contribution in [3.05, 3.63) is 41.8 Å². The minimum Gasteiger partial charge on any atom is -0.494 e. The molecular formula is C19H22N4O2S2. The molecule has 0 aliphatic rings. The lowest BCUT2D eigenvalue weighted by Gasteiger charge is -2.13.